The number of amides is 1. The average molecular weight is 415 g/mol. The highest BCUT2D eigenvalue weighted by Gasteiger charge is 2.30. The van der Waals surface area contributed by atoms with Gasteiger partial charge in [-0.15, -0.1) is 0 Å². The van der Waals surface area contributed by atoms with Crippen molar-refractivity contribution in [3.05, 3.63) is 71.8 Å². The minimum absolute atomic E-state index is 0.0436. The number of benzene rings is 2. The lowest BCUT2D eigenvalue weighted by molar-refractivity contribution is -0.126. The van der Waals surface area contributed by atoms with Gasteiger partial charge < -0.3 is 5.32 Å². The molecule has 1 saturated heterocycles. The SMILES string of the molecule is O=C(NCCc1ccccc1)C1CCN(S(=O)(=O)CCCc2ccccc2)CC1. The molecule has 5 nitrogen and oxygen atoms in total. The molecule has 2 aromatic rings. The van der Waals surface area contributed by atoms with Crippen molar-refractivity contribution in [2.75, 3.05) is 25.4 Å². The summed E-state index contributed by atoms with van der Waals surface area (Å²) in [6.07, 6.45) is 3.37. The van der Waals surface area contributed by atoms with Crippen LogP contribution in [0.15, 0.2) is 60.7 Å². The van der Waals surface area contributed by atoms with Crippen LogP contribution < -0.4 is 5.32 Å². The van der Waals surface area contributed by atoms with Crippen LogP contribution in [0.4, 0.5) is 0 Å². The van der Waals surface area contributed by atoms with Gasteiger partial charge in [0.2, 0.25) is 15.9 Å². The number of rotatable bonds is 9. The molecule has 0 atom stereocenters. The first kappa shape index (κ1) is 21.5. The van der Waals surface area contributed by atoms with E-state index in [9.17, 15) is 13.2 Å². The summed E-state index contributed by atoms with van der Waals surface area (Å²) in [5, 5.41) is 3.00. The third kappa shape index (κ3) is 6.68. The summed E-state index contributed by atoms with van der Waals surface area (Å²) < 4.78 is 26.8. The lowest BCUT2D eigenvalue weighted by Gasteiger charge is -2.30. The molecule has 1 heterocycles. The minimum atomic E-state index is -3.25. The molecule has 1 N–H and O–H groups in total. The number of nitrogens with zero attached hydrogens (tertiary/aromatic N) is 1. The lowest BCUT2D eigenvalue weighted by atomic mass is 9.97. The number of nitrogens with one attached hydrogen (secondary N) is 1. The average Bonchev–Trinajstić information content (AvgIpc) is 2.75. The molecule has 29 heavy (non-hydrogen) atoms. The summed E-state index contributed by atoms with van der Waals surface area (Å²) in [6, 6.07) is 20.0. The molecule has 3 rings (SSSR count). The lowest BCUT2D eigenvalue weighted by Crippen LogP contribution is -2.44. The van der Waals surface area contributed by atoms with E-state index < -0.39 is 10.0 Å². The van der Waals surface area contributed by atoms with E-state index in [1.54, 1.807) is 4.31 Å². The van der Waals surface area contributed by atoms with Crippen molar-refractivity contribution in [3.63, 3.8) is 0 Å². The highest BCUT2D eigenvalue weighted by atomic mass is 32.2. The Morgan fingerprint density at radius 3 is 2.03 bits per heavy atom. The smallest absolute Gasteiger partial charge is 0.223 e. The van der Waals surface area contributed by atoms with Crippen LogP contribution in [0, 0.1) is 5.92 Å². The molecule has 0 aromatic heterocycles. The zero-order valence-corrected chi connectivity index (χ0v) is 17.6. The fourth-order valence-electron chi connectivity index (χ4n) is 3.75. The third-order valence-corrected chi connectivity index (χ3v) is 7.44. The van der Waals surface area contributed by atoms with E-state index in [1.807, 2.05) is 60.7 Å². The van der Waals surface area contributed by atoms with Crippen LogP contribution in [-0.4, -0.2) is 44.0 Å². The number of hydrogen-bond donors (Lipinski definition) is 1. The first-order valence-corrected chi connectivity index (χ1v) is 12.0. The molecule has 0 bridgehead atoms. The van der Waals surface area contributed by atoms with E-state index in [0.29, 0.717) is 38.9 Å². The van der Waals surface area contributed by atoms with Crippen LogP contribution in [-0.2, 0) is 27.7 Å². The Balaban J connectivity index is 1.37. The van der Waals surface area contributed by atoms with Crippen LogP contribution in [0.5, 0.6) is 0 Å². The largest absolute Gasteiger partial charge is 0.356 e. The third-order valence-electron chi connectivity index (χ3n) is 5.48. The van der Waals surface area contributed by atoms with E-state index in [-0.39, 0.29) is 17.6 Å². The van der Waals surface area contributed by atoms with Gasteiger partial charge >= 0.3 is 0 Å². The van der Waals surface area contributed by atoms with Gasteiger partial charge in [0.1, 0.15) is 0 Å². The van der Waals surface area contributed by atoms with E-state index in [4.69, 9.17) is 0 Å². The first-order chi connectivity index (χ1) is 14.0. The van der Waals surface area contributed by atoms with Crippen molar-refractivity contribution >= 4 is 15.9 Å². The predicted molar refractivity (Wildman–Crippen MR) is 116 cm³/mol. The molecule has 1 fully saturated rings. The van der Waals surface area contributed by atoms with Gasteiger partial charge in [0.25, 0.3) is 0 Å². The Kier molecular flexibility index (Phi) is 7.83. The molecule has 6 heteroatoms. The van der Waals surface area contributed by atoms with Crippen molar-refractivity contribution in [1.29, 1.82) is 0 Å². The van der Waals surface area contributed by atoms with Crippen molar-refractivity contribution in [2.45, 2.75) is 32.1 Å². The normalized spacial score (nSPS) is 15.9. The summed E-state index contributed by atoms with van der Waals surface area (Å²) >= 11 is 0. The van der Waals surface area contributed by atoms with Gasteiger partial charge in [0, 0.05) is 25.6 Å². The Morgan fingerprint density at radius 2 is 1.45 bits per heavy atom. The van der Waals surface area contributed by atoms with Crippen molar-refractivity contribution in [2.24, 2.45) is 5.92 Å². The van der Waals surface area contributed by atoms with Crippen LogP contribution in [0.3, 0.4) is 0 Å². The van der Waals surface area contributed by atoms with Gasteiger partial charge in [-0.1, -0.05) is 60.7 Å². The second-order valence-corrected chi connectivity index (χ2v) is 9.69. The molecule has 0 saturated carbocycles. The number of carbonyl (C=O) groups excluding carboxylic acids is 1. The maximum absolute atomic E-state index is 12.6. The topological polar surface area (TPSA) is 66.5 Å². The van der Waals surface area contributed by atoms with Crippen molar-refractivity contribution < 1.29 is 13.2 Å². The van der Waals surface area contributed by atoms with E-state index in [1.165, 1.54) is 5.56 Å². The summed E-state index contributed by atoms with van der Waals surface area (Å²) in [6.45, 7) is 1.48. The number of hydrogen-bond acceptors (Lipinski definition) is 3. The van der Waals surface area contributed by atoms with E-state index in [2.05, 4.69) is 5.32 Å². The molecule has 2 aromatic carbocycles. The highest BCUT2D eigenvalue weighted by molar-refractivity contribution is 7.89. The van der Waals surface area contributed by atoms with Crippen LogP contribution in [0.2, 0.25) is 0 Å². The Morgan fingerprint density at radius 1 is 0.897 bits per heavy atom. The second kappa shape index (κ2) is 10.6. The number of piperidine rings is 1. The van der Waals surface area contributed by atoms with Gasteiger partial charge in [0.15, 0.2) is 0 Å². The summed E-state index contributed by atoms with van der Waals surface area (Å²) in [5.41, 5.74) is 2.36. The van der Waals surface area contributed by atoms with Gasteiger partial charge in [-0.2, -0.15) is 0 Å². The quantitative estimate of drug-likeness (QED) is 0.686. The fraction of sp³-hybridized carbons (Fsp3) is 0.435. The van der Waals surface area contributed by atoms with E-state index in [0.717, 1.165) is 18.4 Å². The fourth-order valence-corrected chi connectivity index (χ4v) is 5.28. The van der Waals surface area contributed by atoms with Crippen molar-refractivity contribution in [1.82, 2.24) is 9.62 Å². The number of aryl methyl sites for hydroxylation is 1. The predicted octanol–water partition coefficient (Wildman–Crippen LogP) is 3.02. The summed E-state index contributed by atoms with van der Waals surface area (Å²) in [7, 11) is -3.25. The maximum Gasteiger partial charge on any atom is 0.223 e. The second-order valence-electron chi connectivity index (χ2n) is 7.61. The number of sulfonamides is 1. The summed E-state index contributed by atoms with van der Waals surface area (Å²) in [4.78, 5) is 12.4. The van der Waals surface area contributed by atoms with Crippen LogP contribution in [0.1, 0.15) is 30.4 Å². The zero-order valence-electron chi connectivity index (χ0n) is 16.8. The van der Waals surface area contributed by atoms with Crippen LogP contribution in [0.25, 0.3) is 0 Å². The highest BCUT2D eigenvalue weighted by Crippen LogP contribution is 2.20. The maximum atomic E-state index is 12.6. The monoisotopic (exact) mass is 414 g/mol. The van der Waals surface area contributed by atoms with Gasteiger partial charge in [-0.25, -0.2) is 12.7 Å². The molecule has 1 aliphatic rings. The van der Waals surface area contributed by atoms with E-state index >= 15 is 0 Å². The molecule has 0 unspecified atom stereocenters. The minimum Gasteiger partial charge on any atom is -0.356 e. The Labute approximate surface area is 174 Å². The molecule has 0 spiro atoms. The molecule has 156 valence electrons. The molecule has 0 radical (unpaired) electrons. The summed E-state index contributed by atoms with van der Waals surface area (Å²) in [5.74, 6) is 0.110. The van der Waals surface area contributed by atoms with Gasteiger partial charge in [0.05, 0.1) is 5.75 Å². The molecule has 0 aliphatic carbocycles. The standard InChI is InChI=1S/C23H30N2O3S/c26-23(24-16-13-21-10-5-2-6-11-21)22-14-17-25(18-15-22)29(27,28)19-7-12-20-8-3-1-4-9-20/h1-6,8-11,22H,7,12-19H2,(H,24,26). The molecular weight excluding hydrogens is 384 g/mol. The molecule has 1 aliphatic heterocycles. The van der Waals surface area contributed by atoms with Crippen molar-refractivity contribution in [3.8, 4) is 0 Å². The zero-order chi connectivity index (χ0) is 20.5. The number of carbonyl (C=O) groups is 1. The van der Waals surface area contributed by atoms with Crippen LogP contribution >= 0.6 is 0 Å². The van der Waals surface area contributed by atoms with Gasteiger partial charge in [-0.3, -0.25) is 4.79 Å². The van der Waals surface area contributed by atoms with Gasteiger partial charge in [-0.05, 0) is 43.2 Å². The molecule has 1 amide bonds. The first-order valence-electron chi connectivity index (χ1n) is 10.4. The Hall–Kier alpha value is -2.18. The molecular formula is C23H30N2O3S. The Bertz CT molecular complexity index is 862.